The van der Waals surface area contributed by atoms with E-state index in [-0.39, 0.29) is 17.5 Å². The van der Waals surface area contributed by atoms with Gasteiger partial charge < -0.3 is 30.3 Å². The van der Waals surface area contributed by atoms with Crippen molar-refractivity contribution >= 4 is 18.0 Å². The fraction of sp³-hybridized carbons (Fsp3) is 0.583. The number of alkyl carbamates (subject to hydrolysis) is 1. The van der Waals surface area contributed by atoms with Crippen molar-refractivity contribution in [3.8, 4) is 11.5 Å². The van der Waals surface area contributed by atoms with E-state index in [1.54, 1.807) is 41.5 Å². The Hall–Kier alpha value is -3.30. The zero-order chi connectivity index (χ0) is 26.3. The first-order chi connectivity index (χ1) is 15.5. The average molecular weight is 481 g/mol. The minimum absolute atomic E-state index is 0.0740. The third kappa shape index (κ3) is 10.1. The number of aryl methyl sites for hydroxylation is 1. The normalized spacial score (nSPS) is 12.4. The Morgan fingerprint density at radius 2 is 1.50 bits per heavy atom. The van der Waals surface area contributed by atoms with Crippen molar-refractivity contribution in [1.29, 1.82) is 0 Å². The number of unbranched alkanes of at least 4 members (excludes halogenated alkanes) is 1. The van der Waals surface area contributed by atoms with Gasteiger partial charge in [-0.3, -0.25) is 9.59 Å². The van der Waals surface area contributed by atoms with E-state index in [1.807, 2.05) is 0 Å². The largest absolute Gasteiger partial charge is 0.504 e. The number of hydrogen-bond acceptors (Lipinski definition) is 8. The van der Waals surface area contributed by atoms with Gasteiger partial charge in [-0.15, -0.1) is 0 Å². The molecule has 34 heavy (non-hydrogen) atoms. The van der Waals surface area contributed by atoms with Crippen LogP contribution in [0.2, 0.25) is 0 Å². The standard InChI is InChI=1S/C24H36N2O8/c1-14-12-17(27)19(29)18(28)13-15(14)20(30)26-16(21(31)33-23(2,3)4)10-8-9-11-25-22(32)34-24(5,6)7/h12-13,16H,8-11H2,1-7H3,(H,25,32)(H,26,30)(H2,27,28,29). The van der Waals surface area contributed by atoms with Gasteiger partial charge in [-0.25, -0.2) is 9.59 Å². The van der Waals surface area contributed by atoms with Crippen LogP contribution >= 0.6 is 0 Å². The Labute approximate surface area is 199 Å². The molecule has 0 fully saturated rings. The molecule has 10 nitrogen and oxygen atoms in total. The zero-order valence-corrected chi connectivity index (χ0v) is 20.9. The van der Waals surface area contributed by atoms with Crippen molar-refractivity contribution in [2.75, 3.05) is 6.54 Å². The molecule has 0 saturated heterocycles. The van der Waals surface area contributed by atoms with Crippen LogP contribution in [0.5, 0.6) is 11.5 Å². The van der Waals surface area contributed by atoms with Crippen LogP contribution in [0.3, 0.4) is 0 Å². The van der Waals surface area contributed by atoms with Crippen LogP contribution in [0.1, 0.15) is 76.7 Å². The molecule has 1 atom stereocenters. The molecule has 1 unspecified atom stereocenters. The third-order valence-electron chi connectivity index (χ3n) is 4.35. The molecule has 190 valence electrons. The first kappa shape index (κ1) is 28.7. The summed E-state index contributed by atoms with van der Waals surface area (Å²) in [4.78, 5) is 49.1. The van der Waals surface area contributed by atoms with Crippen molar-refractivity contribution in [3.63, 3.8) is 0 Å². The summed E-state index contributed by atoms with van der Waals surface area (Å²) in [6.07, 6.45) is 0.663. The molecule has 0 aliphatic heterocycles. The Morgan fingerprint density at radius 1 is 0.941 bits per heavy atom. The van der Waals surface area contributed by atoms with Gasteiger partial charge in [0, 0.05) is 12.1 Å². The lowest BCUT2D eigenvalue weighted by Gasteiger charge is -2.25. The van der Waals surface area contributed by atoms with Crippen LogP contribution in [-0.2, 0) is 14.3 Å². The van der Waals surface area contributed by atoms with E-state index in [0.29, 0.717) is 19.4 Å². The molecule has 1 aromatic carbocycles. The van der Waals surface area contributed by atoms with Crippen molar-refractivity contribution in [2.24, 2.45) is 0 Å². The van der Waals surface area contributed by atoms with E-state index in [9.17, 15) is 29.4 Å². The molecule has 0 radical (unpaired) electrons. The number of rotatable bonds is 8. The molecule has 1 rings (SSSR count). The maximum atomic E-state index is 12.9. The first-order valence-corrected chi connectivity index (χ1v) is 11.1. The second kappa shape index (κ2) is 11.7. The maximum Gasteiger partial charge on any atom is 0.407 e. The summed E-state index contributed by atoms with van der Waals surface area (Å²) in [5, 5.41) is 24.7. The van der Waals surface area contributed by atoms with Gasteiger partial charge >= 0.3 is 12.1 Å². The molecule has 10 heteroatoms. The van der Waals surface area contributed by atoms with E-state index in [4.69, 9.17) is 9.47 Å². The summed E-state index contributed by atoms with van der Waals surface area (Å²) >= 11 is 0. The van der Waals surface area contributed by atoms with Gasteiger partial charge in [0.25, 0.3) is 11.3 Å². The topological polar surface area (TPSA) is 151 Å². The highest BCUT2D eigenvalue weighted by molar-refractivity contribution is 5.98. The van der Waals surface area contributed by atoms with Crippen molar-refractivity contribution in [3.05, 3.63) is 33.5 Å². The maximum absolute atomic E-state index is 12.9. The lowest BCUT2D eigenvalue weighted by Crippen LogP contribution is -2.44. The smallest absolute Gasteiger partial charge is 0.407 e. The Kier molecular flexibility index (Phi) is 9.90. The van der Waals surface area contributed by atoms with Crippen LogP contribution in [0.4, 0.5) is 4.79 Å². The SMILES string of the molecule is Cc1cc(O)c(=O)c(O)cc1C(=O)NC(CCCCNC(=O)OC(C)(C)C)C(=O)OC(C)(C)C. The van der Waals surface area contributed by atoms with Gasteiger partial charge in [0.05, 0.1) is 0 Å². The van der Waals surface area contributed by atoms with Gasteiger partial charge in [0.15, 0.2) is 11.5 Å². The number of amides is 2. The predicted molar refractivity (Wildman–Crippen MR) is 126 cm³/mol. The molecule has 0 saturated carbocycles. The van der Waals surface area contributed by atoms with Gasteiger partial charge in [-0.05, 0) is 85.4 Å². The summed E-state index contributed by atoms with van der Waals surface area (Å²) in [5.74, 6) is -2.85. The highest BCUT2D eigenvalue weighted by Gasteiger charge is 2.27. The Morgan fingerprint density at radius 3 is 2.06 bits per heavy atom. The van der Waals surface area contributed by atoms with Crippen molar-refractivity contribution in [1.82, 2.24) is 10.6 Å². The first-order valence-electron chi connectivity index (χ1n) is 11.1. The second-order valence-electron chi connectivity index (χ2n) is 9.97. The van der Waals surface area contributed by atoms with Crippen LogP contribution in [0.15, 0.2) is 16.9 Å². The summed E-state index contributed by atoms with van der Waals surface area (Å²) < 4.78 is 10.6. The van der Waals surface area contributed by atoms with Gasteiger partial charge in [-0.1, -0.05) is 0 Å². The number of hydrogen-bond donors (Lipinski definition) is 4. The molecule has 0 spiro atoms. The van der Waals surface area contributed by atoms with Crippen LogP contribution in [0.25, 0.3) is 0 Å². The molecule has 0 aromatic heterocycles. The van der Waals surface area contributed by atoms with Crippen LogP contribution in [-0.4, -0.2) is 52.0 Å². The van der Waals surface area contributed by atoms with Crippen LogP contribution < -0.4 is 16.1 Å². The molecule has 0 bridgehead atoms. The van der Waals surface area contributed by atoms with E-state index in [1.165, 1.54) is 6.92 Å². The van der Waals surface area contributed by atoms with Gasteiger partial charge in [0.1, 0.15) is 17.2 Å². The predicted octanol–water partition coefficient (Wildman–Crippen LogP) is 2.90. The number of ether oxygens (including phenoxy) is 2. The van der Waals surface area contributed by atoms with E-state index in [2.05, 4.69) is 10.6 Å². The fourth-order valence-electron chi connectivity index (χ4n) is 2.88. The number of aromatic hydroxyl groups is 2. The molecule has 2 amide bonds. The van der Waals surface area contributed by atoms with E-state index in [0.717, 1.165) is 12.1 Å². The average Bonchev–Trinajstić information content (AvgIpc) is 2.75. The monoisotopic (exact) mass is 480 g/mol. The number of carbonyl (C=O) groups excluding carboxylic acids is 3. The highest BCUT2D eigenvalue weighted by atomic mass is 16.6. The molecule has 0 heterocycles. The number of esters is 1. The molecular weight excluding hydrogens is 444 g/mol. The molecule has 0 aliphatic rings. The van der Waals surface area contributed by atoms with Gasteiger partial charge in [-0.2, -0.15) is 0 Å². The van der Waals surface area contributed by atoms with Crippen molar-refractivity contribution < 1.29 is 34.1 Å². The Bertz CT molecular complexity index is 961. The molecular formula is C24H36N2O8. The summed E-state index contributed by atoms with van der Waals surface area (Å²) in [6, 6.07) is 1.01. The van der Waals surface area contributed by atoms with Crippen LogP contribution in [0, 0.1) is 6.92 Å². The van der Waals surface area contributed by atoms with E-state index < -0.39 is 52.1 Å². The summed E-state index contributed by atoms with van der Waals surface area (Å²) in [5.41, 5.74) is -2.25. The van der Waals surface area contributed by atoms with E-state index >= 15 is 0 Å². The minimum atomic E-state index is -1.01. The fourth-order valence-corrected chi connectivity index (χ4v) is 2.88. The number of carbonyl (C=O) groups is 3. The van der Waals surface area contributed by atoms with Crippen molar-refractivity contribution in [2.45, 2.75) is 85.0 Å². The molecule has 4 N–H and O–H groups in total. The third-order valence-corrected chi connectivity index (χ3v) is 4.35. The lowest BCUT2D eigenvalue weighted by molar-refractivity contribution is -0.157. The molecule has 0 aliphatic carbocycles. The quantitative estimate of drug-likeness (QED) is 0.327. The Balaban J connectivity index is 2.90. The second-order valence-corrected chi connectivity index (χ2v) is 9.97. The minimum Gasteiger partial charge on any atom is -0.504 e. The molecule has 1 aromatic rings. The highest BCUT2D eigenvalue weighted by Crippen LogP contribution is 2.17. The lowest BCUT2D eigenvalue weighted by atomic mass is 10.1. The number of nitrogens with one attached hydrogen (secondary N) is 2. The van der Waals surface area contributed by atoms with Gasteiger partial charge in [0.2, 0.25) is 0 Å². The summed E-state index contributed by atoms with van der Waals surface area (Å²) in [6.45, 7) is 12.2. The zero-order valence-electron chi connectivity index (χ0n) is 20.9. The summed E-state index contributed by atoms with van der Waals surface area (Å²) in [7, 11) is 0.